The monoisotopic (exact) mass is 329 g/mol. The van der Waals surface area contributed by atoms with Crippen LogP contribution in [-0.4, -0.2) is 39.2 Å². The van der Waals surface area contributed by atoms with Gasteiger partial charge in [-0.15, -0.1) is 0 Å². The largest absolute Gasteiger partial charge is 0.370 e. The van der Waals surface area contributed by atoms with Crippen LogP contribution in [-0.2, 0) is 10.8 Å². The lowest BCUT2D eigenvalue weighted by molar-refractivity contribution is 0.0934. The van der Waals surface area contributed by atoms with Crippen LogP contribution in [0, 0.1) is 0 Å². The minimum absolute atomic E-state index is 0.0754. The van der Waals surface area contributed by atoms with E-state index in [1.54, 1.807) is 6.07 Å². The van der Waals surface area contributed by atoms with Crippen LogP contribution in [0.2, 0.25) is 5.02 Å². The van der Waals surface area contributed by atoms with Gasteiger partial charge in [0.05, 0.1) is 10.6 Å². The van der Waals surface area contributed by atoms with Gasteiger partial charge >= 0.3 is 0 Å². The molecule has 1 amide bonds. The van der Waals surface area contributed by atoms with Crippen molar-refractivity contribution in [2.45, 2.75) is 32.2 Å². The van der Waals surface area contributed by atoms with E-state index in [-0.39, 0.29) is 11.9 Å². The first kappa shape index (κ1) is 16.2. The van der Waals surface area contributed by atoms with Crippen molar-refractivity contribution in [3.63, 3.8) is 0 Å². The lowest BCUT2D eigenvalue weighted by atomic mass is 10.1. The van der Waals surface area contributed by atoms with Gasteiger partial charge in [0.1, 0.15) is 5.82 Å². The fourth-order valence-corrected chi connectivity index (χ4v) is 3.65. The van der Waals surface area contributed by atoms with Crippen molar-refractivity contribution in [3.8, 4) is 0 Å². The van der Waals surface area contributed by atoms with Gasteiger partial charge in [0, 0.05) is 41.1 Å². The molecule has 0 spiro atoms. The molecule has 1 aliphatic heterocycles. The molecule has 1 aliphatic rings. The molecule has 0 aliphatic carbocycles. The maximum absolute atomic E-state index is 12.3. The molecule has 0 atom stereocenters. The first-order valence-corrected chi connectivity index (χ1v) is 9.02. The predicted molar refractivity (Wildman–Crippen MR) is 86.4 cm³/mol. The number of hydrogen-bond acceptors (Lipinski definition) is 4. The number of amides is 1. The highest BCUT2D eigenvalue weighted by atomic mass is 35.5. The molecule has 0 saturated carbocycles. The second-order valence-electron chi connectivity index (χ2n) is 5.07. The average molecular weight is 330 g/mol. The lowest BCUT2D eigenvalue weighted by Crippen LogP contribution is -2.39. The van der Waals surface area contributed by atoms with Crippen LogP contribution in [0.4, 0.5) is 5.82 Å². The summed E-state index contributed by atoms with van der Waals surface area (Å²) in [6.07, 6.45) is 3.97. The van der Waals surface area contributed by atoms with E-state index in [1.165, 1.54) is 6.20 Å². The SMILES string of the molecule is CCCNc1cc(C(=O)NC2CCS(=O)CC2)c(Cl)cn1. The number of pyridine rings is 1. The van der Waals surface area contributed by atoms with Crippen LogP contribution in [0.5, 0.6) is 0 Å². The molecule has 116 valence electrons. The third kappa shape index (κ3) is 4.68. The van der Waals surface area contributed by atoms with Crippen LogP contribution in [0.1, 0.15) is 36.5 Å². The third-order valence-electron chi connectivity index (χ3n) is 3.38. The number of halogens is 1. The molecule has 2 rings (SSSR count). The Morgan fingerprint density at radius 1 is 1.48 bits per heavy atom. The van der Waals surface area contributed by atoms with Crippen LogP contribution >= 0.6 is 11.6 Å². The molecule has 21 heavy (non-hydrogen) atoms. The molecule has 1 aromatic rings. The van der Waals surface area contributed by atoms with Crippen LogP contribution in [0.3, 0.4) is 0 Å². The number of nitrogens with zero attached hydrogens (tertiary/aromatic N) is 1. The molecule has 7 heteroatoms. The number of carbonyl (C=O) groups excluding carboxylic acids is 1. The van der Waals surface area contributed by atoms with E-state index < -0.39 is 10.8 Å². The van der Waals surface area contributed by atoms with Gasteiger partial charge in [-0.2, -0.15) is 0 Å². The Kier molecular flexibility index (Phi) is 5.99. The summed E-state index contributed by atoms with van der Waals surface area (Å²) in [5, 5.41) is 6.44. The van der Waals surface area contributed by atoms with Crippen molar-refractivity contribution in [2.75, 3.05) is 23.4 Å². The maximum atomic E-state index is 12.3. The van der Waals surface area contributed by atoms with E-state index in [2.05, 4.69) is 22.5 Å². The number of nitrogens with one attached hydrogen (secondary N) is 2. The summed E-state index contributed by atoms with van der Waals surface area (Å²) in [5.41, 5.74) is 0.428. The van der Waals surface area contributed by atoms with Gasteiger partial charge in [0.15, 0.2) is 0 Å². The molecule has 2 heterocycles. The zero-order valence-electron chi connectivity index (χ0n) is 12.0. The minimum atomic E-state index is -0.729. The molecule has 0 unspecified atom stereocenters. The third-order valence-corrected chi connectivity index (χ3v) is 5.06. The number of carbonyl (C=O) groups is 1. The Morgan fingerprint density at radius 2 is 2.19 bits per heavy atom. The number of aromatic nitrogens is 1. The van der Waals surface area contributed by atoms with Crippen molar-refractivity contribution in [2.24, 2.45) is 0 Å². The zero-order chi connectivity index (χ0) is 15.2. The second-order valence-corrected chi connectivity index (χ2v) is 7.18. The Hall–Kier alpha value is -1.14. The van der Waals surface area contributed by atoms with Crippen LogP contribution in [0.15, 0.2) is 12.3 Å². The van der Waals surface area contributed by atoms with Crippen molar-refractivity contribution in [1.29, 1.82) is 0 Å². The molecular formula is C14H20ClN3O2S. The fraction of sp³-hybridized carbons (Fsp3) is 0.571. The average Bonchev–Trinajstić information content (AvgIpc) is 2.48. The lowest BCUT2D eigenvalue weighted by Gasteiger charge is -2.22. The molecule has 1 fully saturated rings. The van der Waals surface area contributed by atoms with Crippen LogP contribution < -0.4 is 10.6 Å². The molecule has 5 nitrogen and oxygen atoms in total. The van der Waals surface area contributed by atoms with E-state index in [4.69, 9.17) is 11.6 Å². The van der Waals surface area contributed by atoms with E-state index in [0.29, 0.717) is 27.9 Å². The summed E-state index contributed by atoms with van der Waals surface area (Å²) in [6.45, 7) is 2.85. The molecule has 0 radical (unpaired) electrons. The van der Waals surface area contributed by atoms with Gasteiger partial charge in [-0.25, -0.2) is 4.98 Å². The molecule has 2 N–H and O–H groups in total. The molecule has 0 bridgehead atoms. The maximum Gasteiger partial charge on any atom is 0.253 e. The molecular weight excluding hydrogens is 310 g/mol. The van der Waals surface area contributed by atoms with Gasteiger partial charge < -0.3 is 10.6 Å². The summed E-state index contributed by atoms with van der Waals surface area (Å²) in [7, 11) is -0.729. The highest BCUT2D eigenvalue weighted by molar-refractivity contribution is 7.85. The van der Waals surface area contributed by atoms with Gasteiger partial charge in [-0.3, -0.25) is 9.00 Å². The minimum Gasteiger partial charge on any atom is -0.370 e. The second kappa shape index (κ2) is 7.75. The summed E-state index contributed by atoms with van der Waals surface area (Å²) in [4.78, 5) is 16.5. The molecule has 1 aromatic heterocycles. The van der Waals surface area contributed by atoms with E-state index >= 15 is 0 Å². The van der Waals surface area contributed by atoms with Crippen molar-refractivity contribution >= 4 is 34.1 Å². The van der Waals surface area contributed by atoms with Crippen LogP contribution in [0.25, 0.3) is 0 Å². The fourth-order valence-electron chi connectivity index (χ4n) is 2.16. The molecule has 1 saturated heterocycles. The highest BCUT2D eigenvalue weighted by Crippen LogP contribution is 2.19. The number of rotatable bonds is 5. The van der Waals surface area contributed by atoms with Gasteiger partial charge in [0.2, 0.25) is 0 Å². The van der Waals surface area contributed by atoms with Crippen molar-refractivity contribution in [1.82, 2.24) is 10.3 Å². The van der Waals surface area contributed by atoms with Gasteiger partial charge in [-0.1, -0.05) is 18.5 Å². The van der Waals surface area contributed by atoms with Crippen molar-refractivity contribution < 1.29 is 9.00 Å². The van der Waals surface area contributed by atoms with Gasteiger partial charge in [0.25, 0.3) is 5.91 Å². The Morgan fingerprint density at radius 3 is 2.86 bits per heavy atom. The van der Waals surface area contributed by atoms with Crippen molar-refractivity contribution in [3.05, 3.63) is 22.8 Å². The quantitative estimate of drug-likeness (QED) is 0.868. The summed E-state index contributed by atoms with van der Waals surface area (Å²) < 4.78 is 11.3. The first-order chi connectivity index (χ1) is 10.1. The Balaban J connectivity index is 2.02. The summed E-state index contributed by atoms with van der Waals surface area (Å²) in [5.74, 6) is 1.76. The topological polar surface area (TPSA) is 71.1 Å². The zero-order valence-corrected chi connectivity index (χ0v) is 13.6. The Bertz CT molecular complexity index is 529. The number of anilines is 1. The normalized spacial score (nSPS) is 21.8. The van der Waals surface area contributed by atoms with E-state index in [0.717, 1.165) is 25.8 Å². The van der Waals surface area contributed by atoms with Gasteiger partial charge in [-0.05, 0) is 25.3 Å². The Labute approximate surface area is 132 Å². The smallest absolute Gasteiger partial charge is 0.253 e. The summed E-state index contributed by atoms with van der Waals surface area (Å²) in [6, 6.07) is 1.75. The predicted octanol–water partition coefficient (Wildman–Crippen LogP) is 2.20. The first-order valence-electron chi connectivity index (χ1n) is 7.15. The standard InChI is InChI=1S/C14H20ClN3O2S/c1-2-5-16-13-8-11(12(15)9-17-13)14(19)18-10-3-6-21(20)7-4-10/h8-10H,2-7H2,1H3,(H,16,17)(H,18,19). The summed E-state index contributed by atoms with van der Waals surface area (Å²) >= 11 is 6.07. The van der Waals surface area contributed by atoms with E-state index in [1.807, 2.05) is 0 Å². The highest BCUT2D eigenvalue weighted by Gasteiger charge is 2.21. The van der Waals surface area contributed by atoms with E-state index in [9.17, 15) is 9.00 Å². The number of hydrogen-bond donors (Lipinski definition) is 2. The molecule has 0 aromatic carbocycles.